The highest BCUT2D eigenvalue weighted by atomic mass is 35.5. The fourth-order valence-electron chi connectivity index (χ4n) is 1.58. The predicted octanol–water partition coefficient (Wildman–Crippen LogP) is 4.00. The van der Waals surface area contributed by atoms with Crippen molar-refractivity contribution < 1.29 is 22.7 Å². The monoisotopic (exact) mass is 330 g/mol. The molecule has 22 heavy (non-hydrogen) atoms. The number of benzene rings is 2. The zero-order valence-corrected chi connectivity index (χ0v) is 11.7. The van der Waals surface area contributed by atoms with Gasteiger partial charge in [0.1, 0.15) is 5.75 Å². The molecule has 0 aliphatic carbocycles. The first kappa shape index (κ1) is 16.0. The van der Waals surface area contributed by atoms with Gasteiger partial charge in [-0.05, 0) is 36.4 Å². The quantitative estimate of drug-likeness (QED) is 0.833. The average molecular weight is 331 g/mol. The Labute approximate surface area is 128 Å². The summed E-state index contributed by atoms with van der Waals surface area (Å²) in [5, 5.41) is 0.288. The SMILES string of the molecule is O=C(NNc1ccc(OC(F)(F)F)cc1)c1ccccc1Cl. The van der Waals surface area contributed by atoms with Crippen LogP contribution in [0.3, 0.4) is 0 Å². The Morgan fingerprint density at radius 2 is 1.68 bits per heavy atom. The first-order valence-electron chi connectivity index (χ1n) is 6.02. The fourth-order valence-corrected chi connectivity index (χ4v) is 1.80. The van der Waals surface area contributed by atoms with Crippen LogP contribution < -0.4 is 15.6 Å². The highest BCUT2D eigenvalue weighted by Crippen LogP contribution is 2.23. The predicted molar refractivity (Wildman–Crippen MR) is 75.7 cm³/mol. The normalized spacial score (nSPS) is 10.9. The summed E-state index contributed by atoms with van der Waals surface area (Å²) < 4.78 is 39.8. The van der Waals surface area contributed by atoms with Crippen LogP contribution in [0.1, 0.15) is 10.4 Å². The van der Waals surface area contributed by atoms with E-state index >= 15 is 0 Å². The molecular formula is C14H10ClF3N2O2. The number of carbonyl (C=O) groups excluding carboxylic acids is 1. The minimum Gasteiger partial charge on any atom is -0.406 e. The van der Waals surface area contributed by atoms with Gasteiger partial charge in [-0.2, -0.15) is 0 Å². The number of alkyl halides is 3. The van der Waals surface area contributed by atoms with E-state index in [9.17, 15) is 18.0 Å². The number of amides is 1. The summed E-state index contributed by atoms with van der Waals surface area (Å²) in [5.41, 5.74) is 5.61. The van der Waals surface area contributed by atoms with E-state index in [1.54, 1.807) is 24.3 Å². The summed E-state index contributed by atoms with van der Waals surface area (Å²) in [5.74, 6) is -0.823. The van der Waals surface area contributed by atoms with Crippen LogP contribution in [0.5, 0.6) is 5.75 Å². The van der Waals surface area contributed by atoms with Gasteiger partial charge in [0.05, 0.1) is 16.3 Å². The van der Waals surface area contributed by atoms with Crippen LogP contribution in [-0.2, 0) is 0 Å². The molecule has 0 bridgehead atoms. The highest BCUT2D eigenvalue weighted by Gasteiger charge is 2.30. The van der Waals surface area contributed by atoms with Crippen LogP contribution in [0.15, 0.2) is 48.5 Å². The van der Waals surface area contributed by atoms with E-state index in [-0.39, 0.29) is 16.3 Å². The van der Waals surface area contributed by atoms with Crippen LogP contribution in [-0.4, -0.2) is 12.3 Å². The lowest BCUT2D eigenvalue weighted by Crippen LogP contribution is -2.29. The van der Waals surface area contributed by atoms with E-state index in [0.717, 1.165) is 12.1 Å². The minimum atomic E-state index is -4.74. The van der Waals surface area contributed by atoms with Gasteiger partial charge >= 0.3 is 6.36 Å². The van der Waals surface area contributed by atoms with Crippen LogP contribution in [0.2, 0.25) is 5.02 Å². The van der Waals surface area contributed by atoms with Gasteiger partial charge in [-0.25, -0.2) is 0 Å². The molecule has 116 valence electrons. The van der Waals surface area contributed by atoms with Crippen molar-refractivity contribution in [2.75, 3.05) is 5.43 Å². The Morgan fingerprint density at radius 1 is 1.05 bits per heavy atom. The standard InChI is InChI=1S/C14H10ClF3N2O2/c15-12-4-2-1-3-11(12)13(21)20-19-9-5-7-10(8-6-9)22-14(16,17)18/h1-8,19H,(H,20,21). The smallest absolute Gasteiger partial charge is 0.406 e. The second-order valence-electron chi connectivity index (χ2n) is 4.13. The molecule has 0 aromatic heterocycles. The molecule has 0 aliphatic heterocycles. The van der Waals surface area contributed by atoms with Gasteiger partial charge in [0.25, 0.3) is 5.91 Å². The van der Waals surface area contributed by atoms with E-state index in [1.807, 2.05) is 0 Å². The fraction of sp³-hybridized carbons (Fsp3) is 0.0714. The third-order valence-corrected chi connectivity index (χ3v) is 2.86. The summed E-state index contributed by atoms with van der Waals surface area (Å²) in [6, 6.07) is 11.4. The maximum atomic E-state index is 12.0. The molecule has 0 aliphatic rings. The number of hydrazine groups is 1. The van der Waals surface area contributed by atoms with Crippen molar-refractivity contribution in [1.82, 2.24) is 5.43 Å². The highest BCUT2D eigenvalue weighted by molar-refractivity contribution is 6.33. The Hall–Kier alpha value is -2.41. The van der Waals surface area contributed by atoms with Crippen molar-refractivity contribution >= 4 is 23.2 Å². The number of ether oxygens (including phenoxy) is 1. The lowest BCUT2D eigenvalue weighted by molar-refractivity contribution is -0.274. The van der Waals surface area contributed by atoms with Gasteiger partial charge < -0.3 is 4.74 Å². The summed E-state index contributed by atoms with van der Waals surface area (Å²) >= 11 is 5.87. The molecule has 0 spiro atoms. The number of nitrogens with one attached hydrogen (secondary N) is 2. The van der Waals surface area contributed by atoms with Crippen LogP contribution in [0.25, 0.3) is 0 Å². The van der Waals surface area contributed by atoms with Gasteiger partial charge in [0, 0.05) is 0 Å². The molecule has 2 N–H and O–H groups in total. The Kier molecular flexibility index (Phi) is 4.77. The molecule has 0 radical (unpaired) electrons. The lowest BCUT2D eigenvalue weighted by Gasteiger charge is -2.11. The van der Waals surface area contributed by atoms with Crippen molar-refractivity contribution in [3.05, 3.63) is 59.1 Å². The van der Waals surface area contributed by atoms with E-state index < -0.39 is 12.3 Å². The molecule has 2 rings (SSSR count). The van der Waals surface area contributed by atoms with Gasteiger partial charge in [0.15, 0.2) is 0 Å². The zero-order chi connectivity index (χ0) is 16.2. The van der Waals surface area contributed by atoms with E-state index in [0.29, 0.717) is 5.69 Å². The van der Waals surface area contributed by atoms with Crippen molar-refractivity contribution in [3.8, 4) is 5.75 Å². The topological polar surface area (TPSA) is 50.4 Å². The maximum absolute atomic E-state index is 12.0. The number of anilines is 1. The summed E-state index contributed by atoms with van der Waals surface area (Å²) in [6.07, 6.45) is -4.74. The van der Waals surface area contributed by atoms with Crippen molar-refractivity contribution in [2.24, 2.45) is 0 Å². The molecule has 0 saturated heterocycles. The Balaban J connectivity index is 1.95. The number of rotatable bonds is 4. The molecule has 2 aromatic rings. The third kappa shape index (κ3) is 4.56. The zero-order valence-electron chi connectivity index (χ0n) is 10.9. The van der Waals surface area contributed by atoms with Gasteiger partial charge in [-0.15, -0.1) is 13.2 Å². The second kappa shape index (κ2) is 6.57. The molecule has 0 unspecified atom stereocenters. The number of halogens is 4. The van der Waals surface area contributed by atoms with E-state index in [2.05, 4.69) is 15.6 Å². The van der Waals surface area contributed by atoms with Gasteiger partial charge in [-0.3, -0.25) is 15.6 Å². The van der Waals surface area contributed by atoms with Crippen molar-refractivity contribution in [3.63, 3.8) is 0 Å². The molecule has 0 atom stereocenters. The Morgan fingerprint density at radius 3 is 2.27 bits per heavy atom. The van der Waals surface area contributed by atoms with Crippen LogP contribution in [0.4, 0.5) is 18.9 Å². The molecule has 2 aromatic carbocycles. The lowest BCUT2D eigenvalue weighted by atomic mass is 10.2. The molecule has 4 nitrogen and oxygen atoms in total. The maximum Gasteiger partial charge on any atom is 0.573 e. The summed E-state index contributed by atoms with van der Waals surface area (Å²) in [6.45, 7) is 0. The van der Waals surface area contributed by atoms with Crippen LogP contribution >= 0.6 is 11.6 Å². The number of hydrogen-bond acceptors (Lipinski definition) is 3. The average Bonchev–Trinajstić information content (AvgIpc) is 2.45. The molecule has 0 saturated carbocycles. The molecule has 0 heterocycles. The second-order valence-corrected chi connectivity index (χ2v) is 4.54. The first-order chi connectivity index (χ1) is 10.3. The van der Waals surface area contributed by atoms with Crippen molar-refractivity contribution in [1.29, 1.82) is 0 Å². The Bertz CT molecular complexity index is 660. The summed E-state index contributed by atoms with van der Waals surface area (Å²) in [4.78, 5) is 11.9. The first-order valence-corrected chi connectivity index (χ1v) is 6.39. The third-order valence-electron chi connectivity index (χ3n) is 2.53. The van der Waals surface area contributed by atoms with E-state index in [1.165, 1.54) is 12.1 Å². The van der Waals surface area contributed by atoms with E-state index in [4.69, 9.17) is 11.6 Å². The van der Waals surface area contributed by atoms with Crippen LogP contribution in [0, 0.1) is 0 Å². The minimum absolute atomic E-state index is 0.272. The molecular weight excluding hydrogens is 321 g/mol. The molecule has 8 heteroatoms. The molecule has 0 fully saturated rings. The number of carbonyl (C=O) groups is 1. The summed E-state index contributed by atoms with van der Waals surface area (Å²) in [7, 11) is 0. The van der Waals surface area contributed by atoms with Gasteiger partial charge in [0.2, 0.25) is 0 Å². The van der Waals surface area contributed by atoms with Crippen molar-refractivity contribution in [2.45, 2.75) is 6.36 Å². The van der Waals surface area contributed by atoms with Gasteiger partial charge in [-0.1, -0.05) is 23.7 Å². The largest absolute Gasteiger partial charge is 0.573 e. The molecule has 1 amide bonds. The number of hydrogen-bond donors (Lipinski definition) is 2.